The summed E-state index contributed by atoms with van der Waals surface area (Å²) in [6.45, 7) is 3.94. The Labute approximate surface area is 141 Å². The lowest BCUT2D eigenvalue weighted by atomic mass is 10.0. The highest BCUT2D eigenvalue weighted by Crippen LogP contribution is 2.29. The number of hydrogen-bond donors (Lipinski definition) is 1. The highest BCUT2D eigenvalue weighted by atomic mass is 32.2. The summed E-state index contributed by atoms with van der Waals surface area (Å²) < 4.78 is 92.3. The van der Waals surface area contributed by atoms with E-state index < -0.39 is 44.8 Å². The smallest absolute Gasteiger partial charge is 0.262 e. The Morgan fingerprint density at radius 3 is 1.72 bits per heavy atom. The lowest BCUT2D eigenvalue weighted by molar-refractivity contribution is 0.382. The number of benzene rings is 2. The third-order valence-electron chi connectivity index (χ3n) is 3.32. The SMILES string of the molecule is CC(C)Cc1ccc(S(=O)(=O)Nc2c(F)c(F)c(F)c(F)c2F)cc1. The molecule has 0 bridgehead atoms. The average molecular weight is 379 g/mol. The van der Waals surface area contributed by atoms with E-state index in [1.54, 1.807) is 0 Å². The first-order chi connectivity index (χ1) is 11.5. The summed E-state index contributed by atoms with van der Waals surface area (Å²) in [5.41, 5.74) is -0.784. The molecular formula is C16H14F5NO2S. The van der Waals surface area contributed by atoms with Crippen molar-refractivity contribution in [2.75, 3.05) is 4.72 Å². The molecule has 0 amide bonds. The zero-order valence-corrected chi connectivity index (χ0v) is 14.0. The Kier molecular flexibility index (Phi) is 5.36. The predicted octanol–water partition coefficient (Wildman–Crippen LogP) is 4.38. The van der Waals surface area contributed by atoms with Crippen LogP contribution in [0.15, 0.2) is 29.2 Å². The molecule has 1 N–H and O–H groups in total. The van der Waals surface area contributed by atoms with Gasteiger partial charge in [-0.25, -0.2) is 30.4 Å². The number of hydrogen-bond acceptors (Lipinski definition) is 2. The fourth-order valence-corrected chi connectivity index (χ4v) is 3.22. The third kappa shape index (κ3) is 3.92. The summed E-state index contributed by atoms with van der Waals surface area (Å²) in [4.78, 5) is -0.371. The second-order valence-electron chi connectivity index (χ2n) is 5.79. The topological polar surface area (TPSA) is 46.2 Å². The second kappa shape index (κ2) is 6.99. The van der Waals surface area contributed by atoms with E-state index in [0.717, 1.165) is 5.56 Å². The van der Waals surface area contributed by atoms with Crippen LogP contribution in [0.2, 0.25) is 0 Å². The van der Waals surface area contributed by atoms with Crippen LogP contribution in [0.4, 0.5) is 27.6 Å². The van der Waals surface area contributed by atoms with Crippen LogP contribution in [0.3, 0.4) is 0 Å². The van der Waals surface area contributed by atoms with Gasteiger partial charge in [-0.3, -0.25) is 4.72 Å². The molecule has 2 rings (SSSR count). The minimum atomic E-state index is -4.54. The maximum atomic E-state index is 13.6. The van der Waals surface area contributed by atoms with Gasteiger partial charge in [0.2, 0.25) is 5.82 Å². The predicted molar refractivity (Wildman–Crippen MR) is 82.0 cm³/mol. The Morgan fingerprint density at radius 2 is 1.28 bits per heavy atom. The van der Waals surface area contributed by atoms with Crippen molar-refractivity contribution in [2.24, 2.45) is 5.92 Å². The lowest BCUT2D eigenvalue weighted by Gasteiger charge is -2.12. The highest BCUT2D eigenvalue weighted by molar-refractivity contribution is 7.92. The van der Waals surface area contributed by atoms with Crippen LogP contribution in [0.5, 0.6) is 0 Å². The molecule has 0 aliphatic rings. The van der Waals surface area contributed by atoms with Crippen molar-refractivity contribution >= 4 is 15.7 Å². The highest BCUT2D eigenvalue weighted by Gasteiger charge is 2.28. The number of anilines is 1. The molecule has 0 unspecified atom stereocenters. The quantitative estimate of drug-likeness (QED) is 0.476. The molecule has 0 saturated carbocycles. The Morgan fingerprint density at radius 1 is 0.840 bits per heavy atom. The molecule has 2 aromatic carbocycles. The molecule has 9 heteroatoms. The van der Waals surface area contributed by atoms with Gasteiger partial charge in [0.15, 0.2) is 23.3 Å². The maximum absolute atomic E-state index is 13.6. The van der Waals surface area contributed by atoms with E-state index in [1.165, 1.54) is 29.0 Å². The zero-order valence-electron chi connectivity index (χ0n) is 13.2. The van der Waals surface area contributed by atoms with Crippen molar-refractivity contribution in [3.8, 4) is 0 Å². The summed E-state index contributed by atoms with van der Waals surface area (Å²) in [6.07, 6.45) is 0.686. The van der Waals surface area contributed by atoms with Crippen molar-refractivity contribution < 1.29 is 30.4 Å². The fraction of sp³-hybridized carbons (Fsp3) is 0.250. The van der Waals surface area contributed by atoms with Crippen LogP contribution < -0.4 is 4.72 Å². The molecule has 0 fully saturated rings. The van der Waals surface area contributed by atoms with E-state index in [4.69, 9.17) is 0 Å². The molecule has 25 heavy (non-hydrogen) atoms. The zero-order chi connectivity index (χ0) is 18.9. The van der Waals surface area contributed by atoms with Crippen molar-refractivity contribution in [1.29, 1.82) is 0 Å². The van der Waals surface area contributed by atoms with E-state index in [9.17, 15) is 30.4 Å². The normalized spacial score (nSPS) is 11.8. The minimum Gasteiger partial charge on any atom is -0.274 e. The fourth-order valence-electron chi connectivity index (χ4n) is 2.16. The molecule has 3 nitrogen and oxygen atoms in total. The molecule has 0 aliphatic heterocycles. The first kappa shape index (κ1) is 19.2. The Bertz CT molecular complexity index is 867. The maximum Gasteiger partial charge on any atom is 0.262 e. The van der Waals surface area contributed by atoms with Crippen molar-refractivity contribution in [3.05, 3.63) is 58.9 Å². The lowest BCUT2D eigenvalue weighted by Crippen LogP contribution is -2.17. The van der Waals surface area contributed by atoms with E-state index >= 15 is 0 Å². The summed E-state index contributed by atoms with van der Waals surface area (Å²) in [5, 5.41) is 0. The van der Waals surface area contributed by atoms with Gasteiger partial charge in [-0.05, 0) is 30.0 Å². The molecule has 0 aromatic heterocycles. The molecular weight excluding hydrogens is 365 g/mol. The van der Waals surface area contributed by atoms with E-state index in [1.807, 2.05) is 13.8 Å². The number of nitrogens with one attached hydrogen (secondary N) is 1. The van der Waals surface area contributed by atoms with Crippen LogP contribution in [0, 0.1) is 35.0 Å². The van der Waals surface area contributed by atoms with Gasteiger partial charge in [-0.15, -0.1) is 0 Å². The van der Waals surface area contributed by atoms with Crippen LogP contribution in [0.1, 0.15) is 19.4 Å². The molecule has 136 valence electrons. The van der Waals surface area contributed by atoms with Crippen LogP contribution in [0.25, 0.3) is 0 Å². The van der Waals surface area contributed by atoms with Crippen LogP contribution >= 0.6 is 0 Å². The van der Waals surface area contributed by atoms with Gasteiger partial charge < -0.3 is 0 Å². The standard InChI is InChI=1S/C16H14F5NO2S/c1-8(2)7-9-3-5-10(6-4-9)25(23,24)22-16-14(20)12(18)11(17)13(19)15(16)21/h3-6,8,22H,7H2,1-2H3. The number of halogens is 5. The summed E-state index contributed by atoms with van der Waals surface area (Å²) in [5.74, 6) is -11.0. The molecule has 0 atom stereocenters. The largest absolute Gasteiger partial charge is 0.274 e. The van der Waals surface area contributed by atoms with Gasteiger partial charge in [-0.2, -0.15) is 0 Å². The average Bonchev–Trinajstić information content (AvgIpc) is 2.55. The van der Waals surface area contributed by atoms with E-state index in [2.05, 4.69) is 0 Å². The minimum absolute atomic E-state index is 0.328. The summed E-state index contributed by atoms with van der Waals surface area (Å²) in [6, 6.07) is 5.39. The van der Waals surface area contributed by atoms with Crippen molar-refractivity contribution in [3.63, 3.8) is 0 Å². The van der Waals surface area contributed by atoms with Crippen LogP contribution in [-0.2, 0) is 16.4 Å². The van der Waals surface area contributed by atoms with Gasteiger partial charge in [0.05, 0.1) is 4.90 Å². The molecule has 0 radical (unpaired) electrons. The summed E-state index contributed by atoms with van der Waals surface area (Å²) >= 11 is 0. The molecule has 0 heterocycles. The third-order valence-corrected chi connectivity index (χ3v) is 4.69. The first-order valence-electron chi connectivity index (χ1n) is 7.17. The van der Waals surface area contributed by atoms with Crippen LogP contribution in [-0.4, -0.2) is 8.42 Å². The van der Waals surface area contributed by atoms with Gasteiger partial charge in [0.1, 0.15) is 5.69 Å². The van der Waals surface area contributed by atoms with Crippen molar-refractivity contribution in [2.45, 2.75) is 25.2 Å². The van der Waals surface area contributed by atoms with E-state index in [0.29, 0.717) is 12.3 Å². The van der Waals surface area contributed by atoms with Crippen molar-refractivity contribution in [1.82, 2.24) is 0 Å². The van der Waals surface area contributed by atoms with Gasteiger partial charge in [-0.1, -0.05) is 26.0 Å². The van der Waals surface area contributed by atoms with E-state index in [-0.39, 0.29) is 4.90 Å². The Balaban J connectivity index is 2.40. The number of rotatable bonds is 5. The monoisotopic (exact) mass is 379 g/mol. The molecule has 0 spiro atoms. The van der Waals surface area contributed by atoms with Gasteiger partial charge >= 0.3 is 0 Å². The molecule has 0 saturated heterocycles. The Hall–Kier alpha value is -2.16. The first-order valence-corrected chi connectivity index (χ1v) is 8.66. The van der Waals surface area contributed by atoms with Gasteiger partial charge in [0.25, 0.3) is 10.0 Å². The molecule has 2 aromatic rings. The number of sulfonamides is 1. The second-order valence-corrected chi connectivity index (χ2v) is 7.47. The van der Waals surface area contributed by atoms with Gasteiger partial charge in [0, 0.05) is 0 Å². The molecule has 0 aliphatic carbocycles. The summed E-state index contributed by atoms with van der Waals surface area (Å²) in [7, 11) is -4.54.